The minimum absolute atomic E-state index is 0.0364. The van der Waals surface area contributed by atoms with Crippen LogP contribution < -0.4 is 32.4 Å². The third-order valence-corrected chi connectivity index (χ3v) is 10.8. The third-order valence-electron chi connectivity index (χ3n) is 8.35. The highest BCUT2D eigenvalue weighted by atomic mass is 31.3. The summed E-state index contributed by atoms with van der Waals surface area (Å²) in [4.78, 5) is 78.7. The van der Waals surface area contributed by atoms with Gasteiger partial charge >= 0.3 is 27.0 Å². The number of aromatic amines is 1. The van der Waals surface area contributed by atoms with Crippen LogP contribution >= 0.6 is 15.6 Å². The van der Waals surface area contributed by atoms with Gasteiger partial charge in [-0.3, -0.25) is 29.5 Å². The second-order valence-electron chi connectivity index (χ2n) is 12.7. The minimum Gasteiger partial charge on any atom is -0.484 e. The van der Waals surface area contributed by atoms with Gasteiger partial charge in [-0.2, -0.15) is 4.31 Å². The van der Waals surface area contributed by atoms with Crippen molar-refractivity contribution in [3.63, 3.8) is 0 Å². The number of fused-ring (bicyclic) bond motifs is 1. The van der Waals surface area contributed by atoms with Crippen LogP contribution in [0, 0.1) is 6.92 Å². The number of H-pyrrole nitrogens is 1. The molecule has 59 heavy (non-hydrogen) atoms. The topological polar surface area (TPSA) is 376 Å². The van der Waals surface area contributed by atoms with E-state index in [0.717, 1.165) is 34.0 Å². The molecule has 10 atom stereocenters. The Hall–Kier alpha value is -4.34. The molecule has 4 heterocycles. The van der Waals surface area contributed by atoms with E-state index in [0.29, 0.717) is 24.2 Å². The molecule has 3 unspecified atom stereocenters. The number of nitrogens with zero attached hydrogens (tertiary/aromatic N) is 1. The molecule has 326 valence electrons. The van der Waals surface area contributed by atoms with Crippen molar-refractivity contribution in [1.29, 1.82) is 0 Å². The van der Waals surface area contributed by atoms with Crippen molar-refractivity contribution in [3.8, 4) is 5.75 Å². The van der Waals surface area contributed by atoms with Crippen molar-refractivity contribution in [1.82, 2.24) is 20.3 Å². The van der Waals surface area contributed by atoms with E-state index in [4.69, 9.17) is 23.5 Å². The highest BCUT2D eigenvalue weighted by Crippen LogP contribution is 2.61. The Bertz CT molecular complexity index is 2250. The number of amides is 1. The highest BCUT2D eigenvalue weighted by molar-refractivity contribution is 7.61. The first-order valence-corrected chi connectivity index (χ1v) is 20.2. The van der Waals surface area contributed by atoms with Gasteiger partial charge in [-0.1, -0.05) is 0 Å². The molecule has 0 aliphatic carbocycles. The van der Waals surface area contributed by atoms with Gasteiger partial charge in [0.15, 0.2) is 12.8 Å². The van der Waals surface area contributed by atoms with E-state index in [1.54, 1.807) is 19.1 Å². The fourth-order valence-corrected chi connectivity index (χ4v) is 7.39. The number of rotatable bonds is 19. The van der Waals surface area contributed by atoms with E-state index in [1.807, 2.05) is 4.98 Å². The number of benzene rings is 1. The standard InChI is InChI=1S/C31H40N4O22P2/c1-15-10-23(38)52-18-11-16(4-5-17(15)18)49-14-22(37)32-7-2-3-9-50-33-12-19-24(39)26(41)28(43)30(54-19)55-58(45,46)57-59(47,48)56-51-13-20-25(40)27(42)29(53-20)35-8-6-21(36)34-31(35)44/h4-6,8,10-12,20,24-30,33,39-43H,2-3,7,9,13-14H2,1H3,(H,32,37)(H,45,46)(H,47,48)(H,34,36,44)/t20-,24+,25-,26+,27-,28-,29+,30?/m1/s1. The summed E-state index contributed by atoms with van der Waals surface area (Å²) in [6.45, 7) is 0.814. The summed E-state index contributed by atoms with van der Waals surface area (Å²) in [5.74, 6) is -0.680. The molecule has 1 aromatic carbocycles. The molecule has 2 fully saturated rings. The zero-order valence-corrected chi connectivity index (χ0v) is 32.3. The summed E-state index contributed by atoms with van der Waals surface area (Å²) in [6.07, 6.45) is -12.5. The van der Waals surface area contributed by atoms with Crippen LogP contribution in [-0.2, 0) is 46.6 Å². The van der Waals surface area contributed by atoms with Crippen LogP contribution in [0.25, 0.3) is 11.0 Å². The second kappa shape index (κ2) is 19.8. The first kappa shape index (κ1) is 45.7. The number of aliphatic hydroxyl groups is 5. The lowest BCUT2D eigenvalue weighted by atomic mass is 10.0. The molecular weight excluding hydrogens is 842 g/mol. The average Bonchev–Trinajstić information content (AvgIpc) is 3.43. The van der Waals surface area contributed by atoms with Crippen LogP contribution in [0.5, 0.6) is 5.75 Å². The highest BCUT2D eigenvalue weighted by Gasteiger charge is 2.48. The van der Waals surface area contributed by atoms with E-state index in [-0.39, 0.29) is 19.8 Å². The molecule has 2 aromatic heterocycles. The van der Waals surface area contributed by atoms with E-state index < -0.39 is 99.9 Å². The van der Waals surface area contributed by atoms with Gasteiger partial charge in [-0.25, -0.2) is 28.1 Å². The molecule has 5 rings (SSSR count). The van der Waals surface area contributed by atoms with E-state index in [9.17, 15) is 63.6 Å². The van der Waals surface area contributed by atoms with Gasteiger partial charge in [0.1, 0.15) is 60.3 Å². The number of hydroxylamine groups is 1. The summed E-state index contributed by atoms with van der Waals surface area (Å²) in [5, 5.41) is 54.6. The maximum absolute atomic E-state index is 12.5. The minimum atomic E-state index is -5.74. The SMILES string of the molecule is Cc1cc(=O)oc2cc(OCC(=O)NCCCCONC=C3OC(OP(=O)(O)OP(=O)(O)OOC[C@H]4O[C@H](n5ccc(=O)[nH]c5=O)[C@H](O)[C@@H]4O)[C@H](O)[C@@H](O)[C@H]3O)ccc12. The number of aromatic nitrogens is 2. The van der Waals surface area contributed by atoms with Crippen molar-refractivity contribution in [3.05, 3.63) is 85.3 Å². The fourth-order valence-electron chi connectivity index (χ4n) is 5.46. The number of aliphatic hydroxyl groups excluding tert-OH is 5. The molecule has 1 amide bonds. The second-order valence-corrected chi connectivity index (χ2v) is 15.6. The van der Waals surface area contributed by atoms with Crippen molar-refractivity contribution >= 4 is 32.5 Å². The lowest BCUT2D eigenvalue weighted by Gasteiger charge is -2.36. The van der Waals surface area contributed by atoms with Gasteiger partial charge in [-0.05, 0) is 37.5 Å². The fraction of sp³-hybridized carbons (Fsp3) is 0.484. The smallest absolute Gasteiger partial charge is 0.484 e. The Morgan fingerprint density at radius 2 is 1.75 bits per heavy atom. The zero-order chi connectivity index (χ0) is 43.1. The predicted molar refractivity (Wildman–Crippen MR) is 191 cm³/mol. The lowest BCUT2D eigenvalue weighted by Crippen LogP contribution is -2.52. The number of carbonyl (C=O) groups excluding carboxylic acids is 1. The maximum atomic E-state index is 12.5. The molecule has 28 heteroatoms. The third kappa shape index (κ3) is 12.4. The van der Waals surface area contributed by atoms with Gasteiger partial charge in [-0.15, -0.1) is 4.67 Å². The van der Waals surface area contributed by atoms with Gasteiger partial charge in [0, 0.05) is 36.3 Å². The molecule has 2 aliphatic rings. The summed E-state index contributed by atoms with van der Waals surface area (Å²) in [6, 6.07) is 7.15. The van der Waals surface area contributed by atoms with Crippen LogP contribution in [0.15, 0.2) is 67.3 Å². The Morgan fingerprint density at radius 3 is 2.49 bits per heavy atom. The molecule has 0 spiro atoms. The Balaban J connectivity index is 1.00. The average molecular weight is 883 g/mol. The Morgan fingerprint density at radius 1 is 0.983 bits per heavy atom. The van der Waals surface area contributed by atoms with Gasteiger partial charge in [0.25, 0.3) is 11.5 Å². The quantitative estimate of drug-likeness (QED) is 0.0196. The monoisotopic (exact) mass is 882 g/mol. The number of hydrogen-bond donors (Lipinski definition) is 10. The summed E-state index contributed by atoms with van der Waals surface area (Å²) in [7, 11) is -11.4. The molecule has 0 radical (unpaired) electrons. The number of aryl methyl sites for hydroxylation is 1. The van der Waals surface area contributed by atoms with Crippen molar-refractivity contribution in [2.45, 2.75) is 68.9 Å². The number of nitrogens with one attached hydrogen (secondary N) is 3. The molecule has 10 N–H and O–H groups in total. The summed E-state index contributed by atoms with van der Waals surface area (Å²) >= 11 is 0. The molecule has 0 bridgehead atoms. The van der Waals surface area contributed by atoms with Crippen molar-refractivity contribution in [2.75, 3.05) is 26.4 Å². The number of phosphoric ester groups is 1. The van der Waals surface area contributed by atoms with Crippen LogP contribution in [0.4, 0.5) is 0 Å². The first-order chi connectivity index (χ1) is 27.8. The predicted octanol–water partition coefficient (Wildman–Crippen LogP) is -2.47. The molecule has 26 nitrogen and oxygen atoms in total. The Kier molecular flexibility index (Phi) is 15.4. The maximum Gasteiger partial charge on any atom is 0.508 e. The van der Waals surface area contributed by atoms with Gasteiger partial charge in [0.2, 0.25) is 6.29 Å². The number of ether oxygens (including phenoxy) is 3. The van der Waals surface area contributed by atoms with Crippen LogP contribution in [0.2, 0.25) is 0 Å². The van der Waals surface area contributed by atoms with Gasteiger partial charge in [0.05, 0.1) is 12.8 Å². The molecule has 3 aromatic rings. The van der Waals surface area contributed by atoms with Crippen LogP contribution in [0.1, 0.15) is 24.6 Å². The number of unbranched alkanes of at least 4 members (excludes halogenated alkanes) is 1. The van der Waals surface area contributed by atoms with Crippen molar-refractivity contribution < 1.29 is 91.1 Å². The summed E-state index contributed by atoms with van der Waals surface area (Å²) < 4.78 is 59.5. The largest absolute Gasteiger partial charge is 0.508 e. The van der Waals surface area contributed by atoms with Crippen LogP contribution in [0.3, 0.4) is 0 Å². The number of hydrogen-bond acceptors (Lipinski definition) is 21. The molecule has 0 saturated carbocycles. The molecular formula is C31H40N4O22P2. The van der Waals surface area contributed by atoms with E-state index in [1.165, 1.54) is 12.1 Å². The van der Waals surface area contributed by atoms with Crippen LogP contribution in [-0.4, -0.2) is 120 Å². The summed E-state index contributed by atoms with van der Waals surface area (Å²) in [5.41, 5.74) is 1.08. The van der Waals surface area contributed by atoms with Gasteiger partial charge < -0.3 is 59.3 Å². The molecule has 2 aliphatic heterocycles. The van der Waals surface area contributed by atoms with E-state index >= 15 is 0 Å². The normalized spacial score (nSPS) is 27.2. The zero-order valence-electron chi connectivity index (χ0n) is 30.5. The van der Waals surface area contributed by atoms with Crippen molar-refractivity contribution in [2.24, 2.45) is 0 Å². The molecule has 2 saturated heterocycles. The first-order valence-electron chi connectivity index (χ1n) is 17.3. The van der Waals surface area contributed by atoms with E-state index in [2.05, 4.69) is 29.2 Å². The lowest BCUT2D eigenvalue weighted by molar-refractivity contribution is -0.246. The number of phosphoric acid groups is 2. The number of carbonyl (C=O) groups is 1. The Labute approximate surface area is 330 Å².